The first-order valence-corrected chi connectivity index (χ1v) is 8.42. The van der Waals surface area contributed by atoms with Gasteiger partial charge in [-0.25, -0.2) is 9.59 Å². The van der Waals surface area contributed by atoms with Crippen molar-refractivity contribution in [1.82, 2.24) is 9.88 Å². The summed E-state index contributed by atoms with van der Waals surface area (Å²) in [6.07, 6.45) is 4.17. The summed E-state index contributed by atoms with van der Waals surface area (Å²) in [6, 6.07) is 6.37. The van der Waals surface area contributed by atoms with Gasteiger partial charge in [-0.1, -0.05) is 0 Å². The van der Waals surface area contributed by atoms with Crippen LogP contribution in [0, 0.1) is 0 Å². The molecular formula is C19H24N2O5. The number of carboxylic acids is 1. The second kappa shape index (κ2) is 8.03. The number of phenols is 1. The van der Waals surface area contributed by atoms with Gasteiger partial charge in [0.2, 0.25) is 0 Å². The first-order chi connectivity index (χ1) is 12.2. The lowest BCUT2D eigenvalue weighted by Gasteiger charge is -2.26. The highest BCUT2D eigenvalue weighted by molar-refractivity contribution is 5.82. The van der Waals surface area contributed by atoms with Crippen LogP contribution < -0.4 is 0 Å². The van der Waals surface area contributed by atoms with E-state index in [9.17, 15) is 9.59 Å². The smallest absolute Gasteiger partial charge is 0.411 e. The van der Waals surface area contributed by atoms with E-state index in [2.05, 4.69) is 4.98 Å². The van der Waals surface area contributed by atoms with Crippen molar-refractivity contribution in [3.05, 3.63) is 36.7 Å². The minimum absolute atomic E-state index is 0.295. The fourth-order valence-corrected chi connectivity index (χ4v) is 2.63. The Bertz CT molecular complexity index is 785. The van der Waals surface area contributed by atoms with Gasteiger partial charge in [0.15, 0.2) is 0 Å². The number of carbonyl (C=O) groups excluding carboxylic acids is 1. The fourth-order valence-electron chi connectivity index (χ4n) is 2.63. The van der Waals surface area contributed by atoms with Crippen LogP contribution in [0.4, 0.5) is 4.79 Å². The van der Waals surface area contributed by atoms with Gasteiger partial charge in [0.25, 0.3) is 0 Å². The van der Waals surface area contributed by atoms with Gasteiger partial charge in [0, 0.05) is 24.3 Å². The highest BCUT2D eigenvalue weighted by atomic mass is 16.6. The van der Waals surface area contributed by atoms with Crippen LogP contribution in [0.1, 0.15) is 33.6 Å². The van der Waals surface area contributed by atoms with Crippen LogP contribution in [0.3, 0.4) is 0 Å². The number of hydrogen-bond donors (Lipinski definition) is 2. The molecule has 1 aliphatic rings. The molecule has 0 spiro atoms. The molecule has 1 fully saturated rings. The average Bonchev–Trinajstić information content (AvgIpc) is 3.04. The van der Waals surface area contributed by atoms with E-state index >= 15 is 0 Å². The van der Waals surface area contributed by atoms with Gasteiger partial charge in [0.1, 0.15) is 17.4 Å². The molecule has 0 bridgehead atoms. The largest absolute Gasteiger partial charge is 0.508 e. The van der Waals surface area contributed by atoms with E-state index in [0.717, 1.165) is 17.2 Å². The number of ether oxygens (including phenoxy) is 1. The molecule has 1 atom stereocenters. The van der Waals surface area contributed by atoms with Crippen molar-refractivity contribution in [1.29, 1.82) is 0 Å². The van der Waals surface area contributed by atoms with Crippen molar-refractivity contribution in [2.24, 2.45) is 0 Å². The molecule has 2 heterocycles. The molecule has 7 nitrogen and oxygen atoms in total. The number of amides is 1. The molecule has 26 heavy (non-hydrogen) atoms. The number of likely N-dealkylation sites (tertiary alicyclic amines) is 1. The molecule has 3 rings (SSSR count). The second-order valence-corrected chi connectivity index (χ2v) is 7.08. The lowest BCUT2D eigenvalue weighted by molar-refractivity contribution is -0.142. The van der Waals surface area contributed by atoms with Crippen molar-refractivity contribution >= 4 is 22.8 Å². The molecule has 1 amide bonds. The molecule has 140 valence electrons. The highest BCUT2D eigenvalue weighted by Gasteiger charge is 2.36. The Kier molecular flexibility index (Phi) is 6.02. The number of aromatic hydroxyl groups is 1. The van der Waals surface area contributed by atoms with E-state index in [4.69, 9.17) is 14.9 Å². The molecule has 2 N–H and O–H groups in total. The first-order valence-electron chi connectivity index (χ1n) is 8.42. The van der Waals surface area contributed by atoms with Gasteiger partial charge >= 0.3 is 12.1 Å². The molecular weight excluding hydrogens is 336 g/mol. The zero-order valence-electron chi connectivity index (χ0n) is 15.2. The summed E-state index contributed by atoms with van der Waals surface area (Å²) >= 11 is 0. The summed E-state index contributed by atoms with van der Waals surface area (Å²) in [5.41, 5.74) is -0.581. The van der Waals surface area contributed by atoms with Crippen LogP contribution in [-0.2, 0) is 9.53 Å². The maximum absolute atomic E-state index is 11.6. The van der Waals surface area contributed by atoms with Crippen molar-refractivity contribution in [3.63, 3.8) is 0 Å². The molecule has 1 unspecified atom stereocenters. The van der Waals surface area contributed by atoms with Crippen LogP contribution in [0.2, 0.25) is 0 Å². The maximum Gasteiger partial charge on any atom is 0.411 e. The molecule has 7 heteroatoms. The van der Waals surface area contributed by atoms with Crippen molar-refractivity contribution in [2.45, 2.75) is 45.3 Å². The van der Waals surface area contributed by atoms with Crippen LogP contribution in [0.25, 0.3) is 10.8 Å². The van der Waals surface area contributed by atoms with E-state index in [1.807, 2.05) is 12.1 Å². The first kappa shape index (κ1) is 19.5. The average molecular weight is 360 g/mol. The Balaban J connectivity index is 0.000000195. The minimum Gasteiger partial charge on any atom is -0.508 e. The summed E-state index contributed by atoms with van der Waals surface area (Å²) in [4.78, 5) is 27.7. The fraction of sp³-hybridized carbons (Fsp3) is 0.421. The molecule has 2 aromatic rings. The van der Waals surface area contributed by atoms with E-state index in [1.165, 1.54) is 4.90 Å². The molecule has 0 radical (unpaired) electrons. The predicted octanol–water partition coefficient (Wildman–Crippen LogP) is 3.41. The third kappa shape index (κ3) is 5.34. The molecule has 0 aliphatic carbocycles. The molecule has 0 saturated carbocycles. The van der Waals surface area contributed by atoms with E-state index < -0.39 is 23.7 Å². The van der Waals surface area contributed by atoms with Gasteiger partial charge in [-0.2, -0.15) is 0 Å². The monoisotopic (exact) mass is 360 g/mol. The normalized spacial score (nSPS) is 16.7. The summed E-state index contributed by atoms with van der Waals surface area (Å²) in [5.74, 6) is -0.665. The maximum atomic E-state index is 11.6. The number of fused-ring (bicyclic) bond motifs is 1. The number of carboxylic acid groups (broad SMARTS) is 1. The molecule has 1 aromatic carbocycles. The Morgan fingerprint density at radius 1 is 1.23 bits per heavy atom. The van der Waals surface area contributed by atoms with Gasteiger partial charge in [-0.3, -0.25) is 9.88 Å². The summed E-state index contributed by atoms with van der Waals surface area (Å²) in [6.45, 7) is 5.75. The number of rotatable bonds is 1. The van der Waals surface area contributed by atoms with E-state index in [1.54, 1.807) is 45.3 Å². The van der Waals surface area contributed by atoms with Crippen LogP contribution in [0.5, 0.6) is 5.75 Å². The van der Waals surface area contributed by atoms with E-state index in [0.29, 0.717) is 18.7 Å². The lowest BCUT2D eigenvalue weighted by atomic mass is 10.2. The number of phenolic OH excluding ortho intramolecular Hbond substituents is 1. The van der Waals surface area contributed by atoms with E-state index in [-0.39, 0.29) is 0 Å². The minimum atomic E-state index is -0.960. The molecule has 1 aromatic heterocycles. The molecule has 1 saturated heterocycles. The number of hydrogen-bond acceptors (Lipinski definition) is 5. The van der Waals surface area contributed by atoms with Gasteiger partial charge in [0.05, 0.1) is 0 Å². The highest BCUT2D eigenvalue weighted by Crippen LogP contribution is 2.21. The Morgan fingerprint density at radius 3 is 2.62 bits per heavy atom. The van der Waals surface area contributed by atoms with Crippen molar-refractivity contribution < 1.29 is 24.5 Å². The van der Waals surface area contributed by atoms with Crippen molar-refractivity contribution in [3.8, 4) is 5.75 Å². The topological polar surface area (TPSA) is 100.0 Å². The Labute approximate surface area is 152 Å². The standard InChI is InChI=1S/C10H17NO4.C9H7NO/c1-10(2,3)15-9(14)11-6-4-5-7(11)8(12)13;11-9-2-1-8-6-10-4-3-7(8)5-9/h7H,4-6H2,1-3H3,(H,12,13);1-6,11H. The zero-order chi connectivity index (χ0) is 19.3. The number of carbonyl (C=O) groups is 2. The van der Waals surface area contributed by atoms with Gasteiger partial charge in [-0.15, -0.1) is 0 Å². The Hall–Kier alpha value is -2.83. The third-order valence-corrected chi connectivity index (χ3v) is 3.79. The number of nitrogens with zero attached hydrogens (tertiary/aromatic N) is 2. The summed E-state index contributed by atoms with van der Waals surface area (Å²) < 4.78 is 5.13. The quantitative estimate of drug-likeness (QED) is 0.808. The summed E-state index contributed by atoms with van der Waals surface area (Å²) in [7, 11) is 0. The van der Waals surface area contributed by atoms with Gasteiger partial charge in [-0.05, 0) is 63.3 Å². The third-order valence-electron chi connectivity index (χ3n) is 3.79. The predicted molar refractivity (Wildman–Crippen MR) is 97.0 cm³/mol. The Morgan fingerprint density at radius 2 is 1.96 bits per heavy atom. The second-order valence-electron chi connectivity index (χ2n) is 7.08. The van der Waals surface area contributed by atoms with Crippen LogP contribution in [0.15, 0.2) is 36.7 Å². The van der Waals surface area contributed by atoms with Crippen LogP contribution in [-0.4, -0.2) is 50.3 Å². The van der Waals surface area contributed by atoms with Crippen LogP contribution >= 0.6 is 0 Å². The van der Waals surface area contributed by atoms with Gasteiger partial charge < -0.3 is 14.9 Å². The zero-order valence-corrected chi connectivity index (χ0v) is 15.2. The van der Waals surface area contributed by atoms with Crippen molar-refractivity contribution in [2.75, 3.05) is 6.54 Å². The number of benzene rings is 1. The number of aliphatic carboxylic acids is 1. The summed E-state index contributed by atoms with van der Waals surface area (Å²) in [5, 5.41) is 20.1. The number of aromatic nitrogens is 1. The SMILES string of the molecule is CC(C)(C)OC(=O)N1CCCC1C(=O)O.Oc1ccc2cnccc2c1. The lowest BCUT2D eigenvalue weighted by Crippen LogP contribution is -2.43. The molecule has 1 aliphatic heterocycles. The number of pyridine rings is 1.